The van der Waals surface area contributed by atoms with Crippen LogP contribution in [-0.2, 0) is 6.54 Å². The van der Waals surface area contributed by atoms with E-state index in [1.807, 2.05) is 25.1 Å². The summed E-state index contributed by atoms with van der Waals surface area (Å²) in [6.07, 6.45) is -0.625. The second-order valence-electron chi connectivity index (χ2n) is 5.73. The topological polar surface area (TPSA) is 81.2 Å². The Labute approximate surface area is 143 Å². The Balaban J connectivity index is 2.37. The standard InChI is InChI=1S/C17H16ClN3O3/c1-10-5-3-8-14-15(10)19-17(20(14)9-11(2)22)12-6-4-7-13(18)16(12)21(23)24/h3-8,11,22H,9H2,1-2H3. The number of nitro groups is 1. The number of para-hydroxylation sites is 2. The number of aromatic nitrogens is 2. The predicted octanol–water partition coefficient (Wildman–Crippen LogP) is 3.95. The highest BCUT2D eigenvalue weighted by Crippen LogP contribution is 2.37. The van der Waals surface area contributed by atoms with Crippen LogP contribution in [0.15, 0.2) is 36.4 Å². The van der Waals surface area contributed by atoms with Crippen LogP contribution in [0.3, 0.4) is 0 Å². The third-order valence-corrected chi connectivity index (χ3v) is 4.14. The van der Waals surface area contributed by atoms with Gasteiger partial charge in [0.25, 0.3) is 5.69 Å². The molecule has 0 fully saturated rings. The molecule has 0 aliphatic carbocycles. The highest BCUT2D eigenvalue weighted by atomic mass is 35.5. The number of hydrogen-bond donors (Lipinski definition) is 1. The van der Waals surface area contributed by atoms with Gasteiger partial charge in [-0.3, -0.25) is 10.1 Å². The quantitative estimate of drug-likeness (QED) is 0.573. The lowest BCUT2D eigenvalue weighted by Gasteiger charge is -2.12. The molecule has 1 unspecified atom stereocenters. The minimum absolute atomic E-state index is 0.0601. The van der Waals surface area contributed by atoms with E-state index in [9.17, 15) is 15.2 Å². The zero-order chi connectivity index (χ0) is 17.4. The number of benzene rings is 2. The van der Waals surface area contributed by atoms with Gasteiger partial charge < -0.3 is 9.67 Å². The third kappa shape index (κ3) is 2.74. The molecule has 1 atom stereocenters. The van der Waals surface area contributed by atoms with Crippen molar-refractivity contribution < 1.29 is 10.0 Å². The summed E-state index contributed by atoms with van der Waals surface area (Å²) in [5.41, 5.74) is 2.69. The predicted molar refractivity (Wildman–Crippen MR) is 93.3 cm³/mol. The molecule has 0 radical (unpaired) electrons. The van der Waals surface area contributed by atoms with Gasteiger partial charge in [0.2, 0.25) is 0 Å². The Morgan fingerprint density at radius 2 is 2.04 bits per heavy atom. The van der Waals surface area contributed by atoms with Crippen LogP contribution < -0.4 is 0 Å². The number of fused-ring (bicyclic) bond motifs is 1. The molecule has 0 amide bonds. The molecule has 0 saturated heterocycles. The Kier molecular flexibility index (Phi) is 4.26. The Morgan fingerprint density at radius 3 is 2.71 bits per heavy atom. The fourth-order valence-corrected chi connectivity index (χ4v) is 3.07. The van der Waals surface area contributed by atoms with Gasteiger partial charge >= 0.3 is 0 Å². The van der Waals surface area contributed by atoms with Gasteiger partial charge in [-0.15, -0.1) is 0 Å². The van der Waals surface area contributed by atoms with E-state index in [0.717, 1.165) is 16.6 Å². The lowest BCUT2D eigenvalue weighted by atomic mass is 10.1. The van der Waals surface area contributed by atoms with E-state index in [4.69, 9.17) is 11.6 Å². The van der Waals surface area contributed by atoms with E-state index in [1.165, 1.54) is 6.07 Å². The second-order valence-corrected chi connectivity index (χ2v) is 6.14. The minimum Gasteiger partial charge on any atom is -0.392 e. The molecule has 24 heavy (non-hydrogen) atoms. The third-order valence-electron chi connectivity index (χ3n) is 3.84. The molecule has 3 aromatic rings. The average molecular weight is 346 g/mol. The van der Waals surface area contributed by atoms with E-state index in [-0.39, 0.29) is 17.3 Å². The van der Waals surface area contributed by atoms with Gasteiger partial charge in [0.1, 0.15) is 10.8 Å². The van der Waals surface area contributed by atoms with Crippen LogP contribution in [0, 0.1) is 17.0 Å². The lowest BCUT2D eigenvalue weighted by Crippen LogP contribution is -2.13. The highest BCUT2D eigenvalue weighted by Gasteiger charge is 2.25. The number of nitrogens with zero attached hydrogens (tertiary/aromatic N) is 3. The minimum atomic E-state index is -0.625. The van der Waals surface area contributed by atoms with Crippen LogP contribution in [0.5, 0.6) is 0 Å². The zero-order valence-electron chi connectivity index (χ0n) is 13.2. The molecule has 0 saturated carbocycles. The number of aliphatic hydroxyl groups excluding tert-OH is 1. The normalized spacial score (nSPS) is 12.5. The number of rotatable bonds is 4. The molecule has 1 heterocycles. The summed E-state index contributed by atoms with van der Waals surface area (Å²) in [4.78, 5) is 15.6. The van der Waals surface area contributed by atoms with Crippen LogP contribution >= 0.6 is 11.6 Å². The number of nitro benzene ring substituents is 1. The maximum Gasteiger partial charge on any atom is 0.298 e. The lowest BCUT2D eigenvalue weighted by molar-refractivity contribution is -0.384. The summed E-state index contributed by atoms with van der Waals surface area (Å²) in [5.74, 6) is 0.425. The smallest absolute Gasteiger partial charge is 0.298 e. The maximum absolute atomic E-state index is 11.5. The van der Waals surface area contributed by atoms with Gasteiger partial charge in [-0.1, -0.05) is 29.8 Å². The summed E-state index contributed by atoms with van der Waals surface area (Å²) in [6, 6.07) is 10.5. The van der Waals surface area contributed by atoms with Crippen molar-refractivity contribution in [3.8, 4) is 11.4 Å². The number of imidazole rings is 1. The van der Waals surface area contributed by atoms with Crippen LogP contribution in [0.2, 0.25) is 5.02 Å². The fraction of sp³-hybridized carbons (Fsp3) is 0.235. The molecule has 124 valence electrons. The van der Waals surface area contributed by atoms with Gasteiger partial charge in [-0.2, -0.15) is 0 Å². The second kappa shape index (κ2) is 6.22. The molecule has 7 heteroatoms. The Hall–Kier alpha value is -2.44. The highest BCUT2D eigenvalue weighted by molar-refractivity contribution is 6.33. The molecule has 1 aromatic heterocycles. The van der Waals surface area contributed by atoms with Crippen molar-refractivity contribution in [3.63, 3.8) is 0 Å². The molecule has 0 bridgehead atoms. The van der Waals surface area contributed by atoms with Gasteiger partial charge in [0.05, 0.1) is 34.2 Å². The van der Waals surface area contributed by atoms with Crippen molar-refractivity contribution >= 4 is 28.3 Å². The molecule has 2 aromatic carbocycles. The summed E-state index contributed by atoms with van der Waals surface area (Å²) in [7, 11) is 0. The summed E-state index contributed by atoms with van der Waals surface area (Å²) in [6.45, 7) is 3.87. The first-order chi connectivity index (χ1) is 11.4. The van der Waals surface area contributed by atoms with E-state index in [0.29, 0.717) is 11.4 Å². The van der Waals surface area contributed by atoms with E-state index in [1.54, 1.807) is 23.6 Å². The van der Waals surface area contributed by atoms with Crippen molar-refractivity contribution in [3.05, 3.63) is 57.1 Å². The molecule has 1 N–H and O–H groups in total. The summed E-state index contributed by atoms with van der Waals surface area (Å²) in [5, 5.41) is 21.4. The number of hydrogen-bond acceptors (Lipinski definition) is 4. The van der Waals surface area contributed by atoms with Crippen molar-refractivity contribution in [1.29, 1.82) is 0 Å². The molecule has 0 aliphatic rings. The van der Waals surface area contributed by atoms with Crippen LogP contribution in [-0.4, -0.2) is 25.7 Å². The summed E-state index contributed by atoms with van der Waals surface area (Å²) < 4.78 is 1.80. The number of halogens is 1. The molecule has 0 spiro atoms. The largest absolute Gasteiger partial charge is 0.392 e. The van der Waals surface area contributed by atoms with Gasteiger partial charge in [0, 0.05) is 0 Å². The fourth-order valence-electron chi connectivity index (χ4n) is 2.82. The molecule has 0 aliphatic heterocycles. The van der Waals surface area contributed by atoms with E-state index >= 15 is 0 Å². The van der Waals surface area contributed by atoms with Crippen molar-refractivity contribution in [1.82, 2.24) is 9.55 Å². The zero-order valence-corrected chi connectivity index (χ0v) is 14.0. The monoisotopic (exact) mass is 345 g/mol. The van der Waals surface area contributed by atoms with Crippen molar-refractivity contribution in [2.24, 2.45) is 0 Å². The van der Waals surface area contributed by atoms with Crippen LogP contribution in [0.25, 0.3) is 22.4 Å². The first-order valence-electron chi connectivity index (χ1n) is 7.47. The van der Waals surface area contributed by atoms with Gasteiger partial charge in [-0.05, 0) is 37.6 Å². The molecule has 6 nitrogen and oxygen atoms in total. The van der Waals surface area contributed by atoms with Crippen molar-refractivity contribution in [2.75, 3.05) is 0 Å². The van der Waals surface area contributed by atoms with Crippen LogP contribution in [0.1, 0.15) is 12.5 Å². The van der Waals surface area contributed by atoms with Crippen LogP contribution in [0.4, 0.5) is 5.69 Å². The molecular formula is C17H16ClN3O3. The SMILES string of the molecule is Cc1cccc2c1nc(-c1cccc(Cl)c1[N+](=O)[O-])n2CC(C)O. The number of aryl methyl sites for hydroxylation is 1. The average Bonchev–Trinajstić information content (AvgIpc) is 2.86. The molecular weight excluding hydrogens is 330 g/mol. The summed E-state index contributed by atoms with van der Waals surface area (Å²) >= 11 is 6.03. The van der Waals surface area contributed by atoms with Gasteiger partial charge in [0.15, 0.2) is 0 Å². The maximum atomic E-state index is 11.5. The van der Waals surface area contributed by atoms with E-state index in [2.05, 4.69) is 4.98 Å². The number of aliphatic hydroxyl groups is 1. The van der Waals surface area contributed by atoms with E-state index < -0.39 is 11.0 Å². The van der Waals surface area contributed by atoms with Crippen molar-refractivity contribution in [2.45, 2.75) is 26.5 Å². The van der Waals surface area contributed by atoms with Gasteiger partial charge in [-0.25, -0.2) is 4.98 Å². The Bertz CT molecular complexity index is 934. The Morgan fingerprint density at radius 1 is 1.33 bits per heavy atom. The molecule has 3 rings (SSSR count). The first kappa shape index (κ1) is 16.4. The first-order valence-corrected chi connectivity index (χ1v) is 7.85.